The van der Waals surface area contributed by atoms with Crippen LogP contribution in [0.1, 0.15) is 0 Å². The molecule has 0 aliphatic carbocycles. The molecule has 0 unspecified atom stereocenters. The van der Waals surface area contributed by atoms with E-state index in [9.17, 15) is 23.1 Å². The maximum Gasteiger partial charge on any atom is 1.00 e. The van der Waals surface area contributed by atoms with Crippen LogP contribution in [0.2, 0.25) is 0 Å². The number of nitrogens with zero attached hydrogens (tertiary/aromatic N) is 3. The van der Waals surface area contributed by atoms with Crippen molar-refractivity contribution in [1.29, 1.82) is 0 Å². The fourth-order valence-electron chi connectivity index (χ4n) is 0.738. The van der Waals surface area contributed by atoms with Gasteiger partial charge in [0.25, 0.3) is 5.69 Å². The Hall–Kier alpha value is -0.234. The molecule has 0 saturated carbocycles. The molecule has 10 heteroatoms. The van der Waals surface area contributed by atoms with Gasteiger partial charge in [-0.15, -0.1) is 5.11 Å². The van der Waals surface area contributed by atoms with Crippen molar-refractivity contribution in [3.63, 3.8) is 0 Å². The maximum atomic E-state index is 10.2. The Morgan fingerprint density at radius 1 is 1.19 bits per heavy atom. The number of nitro groups is 1. The zero-order valence-electron chi connectivity index (χ0n) is 8.10. The monoisotopic (exact) mass is 269 g/mol. The standard InChI is InChI=1S/C6H5N3O5S.K/c10-9(11)6-3-1-5(2-4-6)7-8-15(12,13)14;/h1-4H,(H,12,13,14);/q;+1/p-1. The average Bonchev–Trinajstić information content (AvgIpc) is 2.14. The summed E-state index contributed by atoms with van der Waals surface area (Å²) in [7, 11) is -4.77. The zero-order valence-corrected chi connectivity index (χ0v) is 12.0. The van der Waals surface area contributed by atoms with Gasteiger partial charge in [0.15, 0.2) is 0 Å². The molecule has 0 spiro atoms. The van der Waals surface area contributed by atoms with E-state index in [1.807, 2.05) is 0 Å². The Labute approximate surface area is 133 Å². The minimum absolute atomic E-state index is 0. The first-order valence-electron chi connectivity index (χ1n) is 3.52. The van der Waals surface area contributed by atoms with Crippen molar-refractivity contribution in [1.82, 2.24) is 0 Å². The SMILES string of the molecule is O=[N+]([O-])c1ccc(N=NS(=O)(=O)[O-])cc1.[K+]. The van der Waals surface area contributed by atoms with Gasteiger partial charge in [-0.05, 0) is 12.1 Å². The van der Waals surface area contributed by atoms with Crippen LogP contribution in [0.3, 0.4) is 0 Å². The van der Waals surface area contributed by atoms with E-state index in [-0.39, 0.29) is 62.8 Å². The van der Waals surface area contributed by atoms with Crippen LogP contribution in [0, 0.1) is 10.1 Å². The predicted molar refractivity (Wildman–Crippen MR) is 47.3 cm³/mol. The van der Waals surface area contributed by atoms with Crippen molar-refractivity contribution in [2.45, 2.75) is 0 Å². The molecule has 80 valence electrons. The van der Waals surface area contributed by atoms with Crippen LogP contribution in [0.4, 0.5) is 11.4 Å². The first-order chi connectivity index (χ1) is 6.88. The van der Waals surface area contributed by atoms with E-state index in [1.54, 1.807) is 0 Å². The molecule has 0 aromatic heterocycles. The number of hydrogen-bond donors (Lipinski definition) is 0. The fourth-order valence-corrected chi connectivity index (χ4v) is 0.932. The molecule has 0 amide bonds. The smallest absolute Gasteiger partial charge is 0.728 e. The topological polar surface area (TPSA) is 125 Å². The van der Waals surface area contributed by atoms with Crippen molar-refractivity contribution in [2.75, 3.05) is 0 Å². The largest absolute Gasteiger partial charge is 1.00 e. The first kappa shape index (κ1) is 15.8. The van der Waals surface area contributed by atoms with Crippen LogP contribution in [0.15, 0.2) is 33.9 Å². The van der Waals surface area contributed by atoms with Crippen LogP contribution in [0.5, 0.6) is 0 Å². The molecular weight excluding hydrogens is 265 g/mol. The summed E-state index contributed by atoms with van der Waals surface area (Å²) in [6, 6.07) is 4.58. The van der Waals surface area contributed by atoms with E-state index in [2.05, 4.69) is 9.63 Å². The molecule has 0 radical (unpaired) electrons. The van der Waals surface area contributed by atoms with E-state index < -0.39 is 15.2 Å². The summed E-state index contributed by atoms with van der Waals surface area (Å²) in [6.07, 6.45) is 0. The molecule has 8 nitrogen and oxygen atoms in total. The van der Waals surface area contributed by atoms with Gasteiger partial charge < -0.3 is 4.55 Å². The minimum atomic E-state index is -4.77. The molecule has 16 heavy (non-hydrogen) atoms. The number of non-ortho nitro benzene ring substituents is 1. The summed E-state index contributed by atoms with van der Waals surface area (Å²) < 4.78 is 32.6. The number of nitro benzene ring substituents is 1. The van der Waals surface area contributed by atoms with E-state index in [1.165, 1.54) is 12.1 Å². The average molecular weight is 269 g/mol. The summed E-state index contributed by atoms with van der Waals surface area (Å²) in [5.74, 6) is 0. The van der Waals surface area contributed by atoms with E-state index in [4.69, 9.17) is 0 Å². The second-order valence-electron chi connectivity index (χ2n) is 2.38. The second-order valence-corrected chi connectivity index (χ2v) is 3.40. The predicted octanol–water partition coefficient (Wildman–Crippen LogP) is -1.86. The van der Waals surface area contributed by atoms with Crippen molar-refractivity contribution in [3.05, 3.63) is 34.4 Å². The molecular formula is C6H4KN3O5S. The molecule has 0 aliphatic rings. The van der Waals surface area contributed by atoms with Crippen LogP contribution >= 0.6 is 0 Å². The normalized spacial score (nSPS) is 11.1. The molecule has 0 N–H and O–H groups in total. The van der Waals surface area contributed by atoms with Gasteiger partial charge in [0.05, 0.1) is 10.6 Å². The van der Waals surface area contributed by atoms with E-state index in [0.29, 0.717) is 0 Å². The van der Waals surface area contributed by atoms with Gasteiger partial charge >= 0.3 is 51.4 Å². The number of benzene rings is 1. The van der Waals surface area contributed by atoms with Gasteiger partial charge in [-0.1, -0.05) is 4.52 Å². The van der Waals surface area contributed by atoms with Crippen molar-refractivity contribution < 1.29 is 69.3 Å². The Balaban J connectivity index is 0.00000225. The van der Waals surface area contributed by atoms with Crippen LogP contribution < -0.4 is 51.4 Å². The molecule has 0 aliphatic heterocycles. The molecule has 0 saturated heterocycles. The van der Waals surface area contributed by atoms with Gasteiger partial charge in [0.1, 0.15) is 0 Å². The second kappa shape index (κ2) is 6.49. The Morgan fingerprint density at radius 3 is 2.06 bits per heavy atom. The Kier molecular flexibility index (Phi) is 6.39. The Morgan fingerprint density at radius 2 is 1.69 bits per heavy atom. The van der Waals surface area contributed by atoms with Gasteiger partial charge in [-0.2, -0.15) is 0 Å². The van der Waals surface area contributed by atoms with Crippen molar-refractivity contribution >= 4 is 21.7 Å². The summed E-state index contributed by atoms with van der Waals surface area (Å²) in [6.45, 7) is 0. The van der Waals surface area contributed by atoms with Crippen LogP contribution in [-0.2, 0) is 10.3 Å². The van der Waals surface area contributed by atoms with Crippen LogP contribution in [0.25, 0.3) is 0 Å². The van der Waals surface area contributed by atoms with Gasteiger partial charge in [-0.3, -0.25) is 10.1 Å². The summed E-state index contributed by atoms with van der Waals surface area (Å²) in [4.78, 5) is 9.62. The molecule has 1 rings (SSSR count). The number of hydrogen-bond acceptors (Lipinski definition) is 6. The summed E-state index contributed by atoms with van der Waals surface area (Å²) >= 11 is 0. The van der Waals surface area contributed by atoms with E-state index >= 15 is 0 Å². The van der Waals surface area contributed by atoms with Crippen molar-refractivity contribution in [3.8, 4) is 0 Å². The third-order valence-electron chi connectivity index (χ3n) is 1.32. The third kappa shape index (κ3) is 5.74. The summed E-state index contributed by atoms with van der Waals surface area (Å²) in [5.41, 5.74) is -0.126. The first-order valence-corrected chi connectivity index (χ1v) is 4.88. The van der Waals surface area contributed by atoms with Gasteiger partial charge in [0.2, 0.25) is 10.3 Å². The molecule has 0 heterocycles. The molecule has 0 atom stereocenters. The number of rotatable bonds is 3. The third-order valence-corrected chi connectivity index (χ3v) is 1.60. The fraction of sp³-hybridized carbons (Fsp3) is 0. The quantitative estimate of drug-likeness (QED) is 0.209. The van der Waals surface area contributed by atoms with Gasteiger partial charge in [0, 0.05) is 12.1 Å². The van der Waals surface area contributed by atoms with Crippen LogP contribution in [-0.4, -0.2) is 17.9 Å². The molecule has 0 bridgehead atoms. The zero-order chi connectivity index (χ0) is 11.5. The Bertz CT molecular complexity index is 497. The van der Waals surface area contributed by atoms with Crippen molar-refractivity contribution in [2.24, 2.45) is 9.63 Å². The summed E-state index contributed by atoms with van der Waals surface area (Å²) in [5, 5.41) is 13.3. The van der Waals surface area contributed by atoms with Gasteiger partial charge in [-0.25, -0.2) is 8.42 Å². The van der Waals surface area contributed by atoms with E-state index in [0.717, 1.165) is 12.1 Å². The maximum absolute atomic E-state index is 10.2. The molecule has 1 aromatic carbocycles. The minimum Gasteiger partial charge on any atom is -0.728 e. The molecule has 0 fully saturated rings. The molecule has 1 aromatic rings.